The topological polar surface area (TPSA) is 30.9 Å². The smallest absolute Gasteiger partial charge is 0.139 e. The molecule has 25 heavy (non-hydrogen) atoms. The lowest BCUT2D eigenvalue weighted by Gasteiger charge is -2.34. The summed E-state index contributed by atoms with van der Waals surface area (Å²) >= 11 is 0. The molecule has 4 nitrogen and oxygen atoms in total. The van der Waals surface area contributed by atoms with Crippen LogP contribution >= 0.6 is 0 Å². The van der Waals surface area contributed by atoms with Crippen LogP contribution in [0.3, 0.4) is 0 Å². The van der Waals surface area contributed by atoms with Crippen LogP contribution in [-0.4, -0.2) is 36.9 Å². The van der Waals surface area contributed by atoms with Crippen molar-refractivity contribution in [2.75, 3.05) is 29.9 Å². The van der Waals surface area contributed by atoms with E-state index >= 15 is 0 Å². The van der Waals surface area contributed by atoms with E-state index in [1.165, 1.54) is 43.7 Å². The van der Waals surface area contributed by atoms with Gasteiger partial charge in [-0.15, -0.1) is 0 Å². The van der Waals surface area contributed by atoms with Crippen LogP contribution in [0, 0.1) is 5.92 Å². The number of piperidine rings is 1. The van der Waals surface area contributed by atoms with Gasteiger partial charge in [-0.05, 0) is 69.1 Å². The molecule has 4 rings (SSSR count). The van der Waals surface area contributed by atoms with Gasteiger partial charge in [-0.1, -0.05) is 6.08 Å². The molecule has 3 aliphatic heterocycles. The zero-order chi connectivity index (χ0) is 17.1. The largest absolute Gasteiger partial charge is 0.372 e. The van der Waals surface area contributed by atoms with Crippen molar-refractivity contribution in [2.24, 2.45) is 10.9 Å². The number of hydrogen-bond acceptors (Lipinski definition) is 4. The molecule has 0 radical (unpaired) electrons. The van der Waals surface area contributed by atoms with E-state index in [0.717, 1.165) is 18.7 Å². The Hall–Kier alpha value is -2.23. The Morgan fingerprint density at radius 1 is 1.12 bits per heavy atom. The average Bonchev–Trinajstić information content (AvgIpc) is 2.69. The van der Waals surface area contributed by atoms with Gasteiger partial charge in [0.2, 0.25) is 0 Å². The van der Waals surface area contributed by atoms with E-state index in [1.54, 1.807) is 0 Å². The molecule has 2 unspecified atom stereocenters. The molecule has 1 aromatic rings. The second-order valence-electron chi connectivity index (χ2n) is 7.09. The maximum atomic E-state index is 4.71. The molecule has 3 aliphatic rings. The molecule has 0 aromatic heterocycles. The first-order chi connectivity index (χ1) is 12.3. The van der Waals surface area contributed by atoms with E-state index in [2.05, 4.69) is 70.9 Å². The first-order valence-electron chi connectivity index (χ1n) is 9.63. The van der Waals surface area contributed by atoms with Gasteiger partial charge in [0.25, 0.3) is 0 Å². The van der Waals surface area contributed by atoms with E-state index < -0.39 is 0 Å². The minimum atomic E-state index is 0.0210. The second-order valence-corrected chi connectivity index (χ2v) is 7.09. The first-order valence-corrected chi connectivity index (χ1v) is 9.63. The summed E-state index contributed by atoms with van der Waals surface area (Å²) in [5.74, 6) is 0.435. The molecule has 1 aromatic carbocycles. The summed E-state index contributed by atoms with van der Waals surface area (Å²) in [5, 5.41) is 3.55. The second kappa shape index (κ2) is 7.34. The first kappa shape index (κ1) is 16.2. The van der Waals surface area contributed by atoms with Gasteiger partial charge in [-0.2, -0.15) is 0 Å². The van der Waals surface area contributed by atoms with Crippen LogP contribution in [0.5, 0.6) is 0 Å². The molecule has 0 spiro atoms. The van der Waals surface area contributed by atoms with E-state index in [9.17, 15) is 0 Å². The maximum Gasteiger partial charge on any atom is 0.139 e. The quantitative estimate of drug-likeness (QED) is 0.892. The van der Waals surface area contributed by atoms with E-state index in [-0.39, 0.29) is 6.17 Å². The van der Waals surface area contributed by atoms with Gasteiger partial charge >= 0.3 is 0 Å². The highest BCUT2D eigenvalue weighted by molar-refractivity contribution is 5.69. The molecule has 2 atom stereocenters. The fraction of sp³-hybridized carbons (Fsp3) is 0.476. The van der Waals surface area contributed by atoms with Crippen molar-refractivity contribution in [3.8, 4) is 0 Å². The van der Waals surface area contributed by atoms with E-state index in [4.69, 9.17) is 4.99 Å². The number of allylic oxidation sites excluding steroid dienone is 2. The molecule has 3 heterocycles. The highest BCUT2D eigenvalue weighted by atomic mass is 15.2. The highest BCUT2D eigenvalue weighted by Crippen LogP contribution is 2.28. The van der Waals surface area contributed by atoms with Crippen molar-refractivity contribution in [3.63, 3.8) is 0 Å². The molecule has 0 aliphatic carbocycles. The van der Waals surface area contributed by atoms with Crippen LogP contribution in [0.2, 0.25) is 0 Å². The Balaban J connectivity index is 1.43. The van der Waals surface area contributed by atoms with Crippen molar-refractivity contribution < 1.29 is 0 Å². The van der Waals surface area contributed by atoms with Crippen molar-refractivity contribution >= 4 is 17.6 Å². The van der Waals surface area contributed by atoms with Crippen molar-refractivity contribution in [3.05, 3.63) is 48.3 Å². The number of benzene rings is 1. The highest BCUT2D eigenvalue weighted by Gasteiger charge is 2.24. The normalized spacial score (nSPS) is 25.6. The molecule has 1 fully saturated rings. The van der Waals surface area contributed by atoms with Gasteiger partial charge in [0.05, 0.1) is 0 Å². The fourth-order valence-electron chi connectivity index (χ4n) is 3.97. The summed E-state index contributed by atoms with van der Waals surface area (Å²) < 4.78 is 0. The molecular formula is C21H28N4. The number of nitrogens with one attached hydrogen (secondary N) is 1. The van der Waals surface area contributed by atoms with Gasteiger partial charge in [0.15, 0.2) is 0 Å². The third-order valence-electron chi connectivity index (χ3n) is 5.39. The number of nitrogens with zero attached hydrogens (tertiary/aromatic N) is 3. The average molecular weight is 336 g/mol. The zero-order valence-electron chi connectivity index (χ0n) is 15.1. The lowest BCUT2D eigenvalue weighted by molar-refractivity contribution is 0.421. The lowest BCUT2D eigenvalue weighted by Crippen LogP contribution is -2.32. The Morgan fingerprint density at radius 2 is 1.92 bits per heavy atom. The number of fused-ring (bicyclic) bond motifs is 1. The molecule has 1 saturated heterocycles. The van der Waals surface area contributed by atoms with Crippen molar-refractivity contribution in [1.29, 1.82) is 0 Å². The number of aliphatic imine (C=N–C) groups is 1. The molecular weight excluding hydrogens is 308 g/mol. The van der Waals surface area contributed by atoms with Crippen LogP contribution in [-0.2, 0) is 0 Å². The number of rotatable bonds is 4. The molecule has 132 valence electrons. The predicted octanol–water partition coefficient (Wildman–Crippen LogP) is 4.24. The maximum absolute atomic E-state index is 4.71. The summed E-state index contributed by atoms with van der Waals surface area (Å²) in [6, 6.07) is 8.83. The third kappa shape index (κ3) is 3.58. The van der Waals surface area contributed by atoms with Crippen LogP contribution in [0.4, 0.5) is 11.4 Å². The van der Waals surface area contributed by atoms with Gasteiger partial charge in [-0.25, -0.2) is 0 Å². The molecule has 4 heteroatoms. The molecule has 0 amide bonds. The Bertz CT molecular complexity index is 668. The summed E-state index contributed by atoms with van der Waals surface area (Å²) in [6.45, 7) is 5.58. The third-order valence-corrected chi connectivity index (χ3v) is 5.39. The molecule has 0 bridgehead atoms. The Morgan fingerprint density at radius 3 is 2.68 bits per heavy atom. The lowest BCUT2D eigenvalue weighted by atomic mass is 9.96. The van der Waals surface area contributed by atoms with Crippen LogP contribution in [0.1, 0.15) is 32.6 Å². The van der Waals surface area contributed by atoms with Gasteiger partial charge in [0, 0.05) is 48.8 Å². The summed E-state index contributed by atoms with van der Waals surface area (Å²) in [6.07, 6.45) is 13.9. The summed E-state index contributed by atoms with van der Waals surface area (Å²) in [5.41, 5.74) is 3.85. The van der Waals surface area contributed by atoms with Gasteiger partial charge < -0.3 is 15.1 Å². The zero-order valence-corrected chi connectivity index (χ0v) is 15.1. The molecule has 0 saturated carbocycles. The monoisotopic (exact) mass is 336 g/mol. The molecule has 1 N–H and O–H groups in total. The van der Waals surface area contributed by atoms with Crippen LogP contribution < -0.4 is 10.2 Å². The Labute approximate surface area is 150 Å². The summed E-state index contributed by atoms with van der Waals surface area (Å²) in [4.78, 5) is 9.53. The number of anilines is 2. The standard InChI is InChI=1S/C21H28N4/c1-2-24-14-6-7-17-16-22-21(15-20(17)24)23-18-8-10-19(11-9-18)25-12-4-3-5-13-25/h6,8-11,14-17,21,23H,2-5,7,12-13H2,1H3. The van der Waals surface area contributed by atoms with Crippen LogP contribution in [0.15, 0.2) is 53.3 Å². The Kier molecular flexibility index (Phi) is 4.77. The predicted molar refractivity (Wildman–Crippen MR) is 106 cm³/mol. The van der Waals surface area contributed by atoms with E-state index in [0.29, 0.717) is 5.92 Å². The minimum Gasteiger partial charge on any atom is -0.372 e. The minimum absolute atomic E-state index is 0.0210. The van der Waals surface area contributed by atoms with Crippen molar-refractivity contribution in [1.82, 2.24) is 4.90 Å². The number of dihydropyridines is 1. The SMILES string of the molecule is CCN1C=CCC2C=NC(Nc3ccc(N4CCCCC4)cc3)C=C21. The van der Waals surface area contributed by atoms with Gasteiger partial charge in [-0.3, -0.25) is 4.99 Å². The fourth-order valence-corrected chi connectivity index (χ4v) is 3.97. The number of hydrogen-bond donors (Lipinski definition) is 1. The van der Waals surface area contributed by atoms with E-state index in [1.807, 2.05) is 0 Å². The van der Waals surface area contributed by atoms with Crippen molar-refractivity contribution in [2.45, 2.75) is 38.8 Å². The van der Waals surface area contributed by atoms with Gasteiger partial charge in [0.1, 0.15) is 6.17 Å². The summed E-state index contributed by atoms with van der Waals surface area (Å²) in [7, 11) is 0. The van der Waals surface area contributed by atoms with Crippen LogP contribution in [0.25, 0.3) is 0 Å².